The van der Waals surface area contributed by atoms with Gasteiger partial charge in [0.1, 0.15) is 5.82 Å². The Morgan fingerprint density at radius 2 is 2.00 bits per heavy atom. The third kappa shape index (κ3) is 2.43. The summed E-state index contributed by atoms with van der Waals surface area (Å²) in [6.45, 7) is 2.46. The van der Waals surface area contributed by atoms with Crippen LogP contribution in [-0.2, 0) is 13.0 Å². The molecule has 0 bridgehead atoms. The number of hydrogen-bond acceptors (Lipinski definition) is 2. The number of benzene rings is 1. The zero-order valence-corrected chi connectivity index (χ0v) is 9.88. The molecule has 1 aromatic carbocycles. The molecule has 3 nitrogen and oxygen atoms in total. The first-order valence-corrected chi connectivity index (χ1v) is 5.55. The third-order valence-corrected chi connectivity index (χ3v) is 2.76. The van der Waals surface area contributed by atoms with Gasteiger partial charge in [0.25, 0.3) is 0 Å². The standard InChI is InChI=1S/C12H14ClN3/c1-8-11(16-12(7-14)15-8)6-9-2-4-10(13)5-3-9/h2-5H,6-7,14H2,1H3,(H,15,16). The average Bonchev–Trinajstić information content (AvgIpc) is 2.63. The van der Waals surface area contributed by atoms with Crippen molar-refractivity contribution in [1.29, 1.82) is 0 Å². The minimum Gasteiger partial charge on any atom is -0.345 e. The predicted molar refractivity (Wildman–Crippen MR) is 65.5 cm³/mol. The van der Waals surface area contributed by atoms with Crippen LogP contribution in [-0.4, -0.2) is 9.97 Å². The zero-order valence-electron chi connectivity index (χ0n) is 9.13. The SMILES string of the molecule is Cc1[nH]c(CN)nc1Cc1ccc(Cl)cc1. The van der Waals surface area contributed by atoms with Gasteiger partial charge in [0.2, 0.25) is 0 Å². The van der Waals surface area contributed by atoms with Gasteiger partial charge in [0.15, 0.2) is 0 Å². The average molecular weight is 236 g/mol. The van der Waals surface area contributed by atoms with E-state index in [4.69, 9.17) is 17.3 Å². The largest absolute Gasteiger partial charge is 0.345 e. The van der Waals surface area contributed by atoms with Crippen LogP contribution in [0.2, 0.25) is 5.02 Å². The summed E-state index contributed by atoms with van der Waals surface area (Å²) in [6, 6.07) is 7.81. The fourth-order valence-electron chi connectivity index (χ4n) is 1.63. The summed E-state index contributed by atoms with van der Waals surface area (Å²) in [5.41, 5.74) is 8.85. The van der Waals surface area contributed by atoms with Gasteiger partial charge >= 0.3 is 0 Å². The number of aromatic amines is 1. The van der Waals surface area contributed by atoms with E-state index in [1.54, 1.807) is 0 Å². The van der Waals surface area contributed by atoms with Gasteiger partial charge in [-0.2, -0.15) is 0 Å². The Balaban J connectivity index is 2.19. The predicted octanol–water partition coefficient (Wildman–Crippen LogP) is 2.42. The van der Waals surface area contributed by atoms with Crippen LogP contribution in [0.1, 0.15) is 22.8 Å². The molecule has 1 aromatic heterocycles. The smallest absolute Gasteiger partial charge is 0.120 e. The van der Waals surface area contributed by atoms with E-state index in [1.165, 1.54) is 5.56 Å². The summed E-state index contributed by atoms with van der Waals surface area (Å²) >= 11 is 5.83. The molecule has 16 heavy (non-hydrogen) atoms. The topological polar surface area (TPSA) is 54.7 Å². The molecule has 0 fully saturated rings. The number of hydrogen-bond donors (Lipinski definition) is 2. The zero-order chi connectivity index (χ0) is 11.5. The minimum absolute atomic E-state index is 0.446. The summed E-state index contributed by atoms with van der Waals surface area (Å²) in [5.74, 6) is 0.835. The molecule has 0 unspecified atom stereocenters. The lowest BCUT2D eigenvalue weighted by molar-refractivity contribution is 0.935. The maximum absolute atomic E-state index is 5.83. The van der Waals surface area contributed by atoms with Crippen LogP contribution in [0.4, 0.5) is 0 Å². The second-order valence-corrected chi connectivity index (χ2v) is 4.20. The van der Waals surface area contributed by atoms with Crippen molar-refractivity contribution in [1.82, 2.24) is 9.97 Å². The van der Waals surface area contributed by atoms with Gasteiger partial charge in [-0.25, -0.2) is 4.98 Å². The summed E-state index contributed by atoms with van der Waals surface area (Å²) in [6.07, 6.45) is 0.805. The summed E-state index contributed by atoms with van der Waals surface area (Å²) in [5, 5.41) is 0.755. The molecule has 1 heterocycles. The Kier molecular flexibility index (Phi) is 3.27. The van der Waals surface area contributed by atoms with Crippen LogP contribution in [0, 0.1) is 6.92 Å². The van der Waals surface area contributed by atoms with Gasteiger partial charge in [0, 0.05) is 17.1 Å². The van der Waals surface area contributed by atoms with E-state index in [9.17, 15) is 0 Å². The molecule has 3 N–H and O–H groups in total. The molecule has 84 valence electrons. The van der Waals surface area contributed by atoms with Crippen LogP contribution in [0.25, 0.3) is 0 Å². The Bertz CT molecular complexity index is 474. The van der Waals surface area contributed by atoms with E-state index in [0.29, 0.717) is 6.54 Å². The normalized spacial score (nSPS) is 10.7. The lowest BCUT2D eigenvalue weighted by atomic mass is 10.1. The van der Waals surface area contributed by atoms with Gasteiger partial charge in [-0.1, -0.05) is 23.7 Å². The summed E-state index contributed by atoms with van der Waals surface area (Å²) in [4.78, 5) is 7.60. The molecule has 0 aliphatic rings. The first kappa shape index (κ1) is 11.2. The van der Waals surface area contributed by atoms with E-state index in [1.807, 2.05) is 31.2 Å². The van der Waals surface area contributed by atoms with E-state index in [0.717, 1.165) is 28.7 Å². The first-order chi connectivity index (χ1) is 7.69. The second kappa shape index (κ2) is 4.68. The van der Waals surface area contributed by atoms with Gasteiger partial charge in [-0.15, -0.1) is 0 Å². The van der Waals surface area contributed by atoms with Crippen molar-refractivity contribution in [3.8, 4) is 0 Å². The van der Waals surface area contributed by atoms with Gasteiger partial charge < -0.3 is 10.7 Å². The number of rotatable bonds is 3. The first-order valence-electron chi connectivity index (χ1n) is 5.18. The molecule has 0 aliphatic carbocycles. The Morgan fingerprint density at radius 1 is 1.31 bits per heavy atom. The second-order valence-electron chi connectivity index (χ2n) is 3.76. The number of nitrogens with zero attached hydrogens (tertiary/aromatic N) is 1. The highest BCUT2D eigenvalue weighted by Crippen LogP contribution is 2.14. The summed E-state index contributed by atoms with van der Waals surface area (Å²) < 4.78 is 0. The molecule has 0 spiro atoms. The fourth-order valence-corrected chi connectivity index (χ4v) is 1.75. The van der Waals surface area contributed by atoms with Crippen LogP contribution < -0.4 is 5.73 Å². The van der Waals surface area contributed by atoms with E-state index in [2.05, 4.69) is 9.97 Å². The number of aryl methyl sites for hydroxylation is 1. The van der Waals surface area contributed by atoms with Crippen LogP contribution in [0.3, 0.4) is 0 Å². The molecule has 0 amide bonds. The number of halogens is 1. The lowest BCUT2D eigenvalue weighted by Crippen LogP contribution is -1.98. The fraction of sp³-hybridized carbons (Fsp3) is 0.250. The molecular formula is C12H14ClN3. The van der Waals surface area contributed by atoms with E-state index >= 15 is 0 Å². The van der Waals surface area contributed by atoms with Crippen molar-refractivity contribution >= 4 is 11.6 Å². The highest BCUT2D eigenvalue weighted by Gasteiger charge is 2.06. The quantitative estimate of drug-likeness (QED) is 0.859. The number of aromatic nitrogens is 2. The van der Waals surface area contributed by atoms with E-state index < -0.39 is 0 Å². The highest BCUT2D eigenvalue weighted by atomic mass is 35.5. The third-order valence-electron chi connectivity index (χ3n) is 2.51. The van der Waals surface area contributed by atoms with Crippen LogP contribution in [0.15, 0.2) is 24.3 Å². The number of imidazole rings is 1. The van der Waals surface area contributed by atoms with Crippen LogP contribution in [0.5, 0.6) is 0 Å². The molecule has 0 atom stereocenters. The van der Waals surface area contributed by atoms with Crippen molar-refractivity contribution in [2.45, 2.75) is 19.9 Å². The van der Waals surface area contributed by atoms with Gasteiger partial charge in [-0.05, 0) is 24.6 Å². The maximum Gasteiger partial charge on any atom is 0.120 e. The summed E-state index contributed by atoms with van der Waals surface area (Å²) in [7, 11) is 0. The maximum atomic E-state index is 5.83. The molecule has 0 radical (unpaired) electrons. The van der Waals surface area contributed by atoms with Crippen molar-refractivity contribution in [3.05, 3.63) is 52.1 Å². The van der Waals surface area contributed by atoms with Crippen molar-refractivity contribution in [2.75, 3.05) is 0 Å². The van der Waals surface area contributed by atoms with Crippen LogP contribution >= 0.6 is 11.6 Å². The lowest BCUT2D eigenvalue weighted by Gasteiger charge is -1.99. The molecule has 0 saturated heterocycles. The van der Waals surface area contributed by atoms with E-state index in [-0.39, 0.29) is 0 Å². The monoisotopic (exact) mass is 235 g/mol. The number of H-pyrrole nitrogens is 1. The highest BCUT2D eigenvalue weighted by molar-refractivity contribution is 6.30. The van der Waals surface area contributed by atoms with Gasteiger partial charge in [0.05, 0.1) is 12.2 Å². The van der Waals surface area contributed by atoms with Crippen molar-refractivity contribution < 1.29 is 0 Å². The van der Waals surface area contributed by atoms with Crippen molar-refractivity contribution in [3.63, 3.8) is 0 Å². The van der Waals surface area contributed by atoms with Crippen molar-refractivity contribution in [2.24, 2.45) is 5.73 Å². The Hall–Kier alpha value is -1.32. The molecule has 0 aliphatic heterocycles. The molecule has 2 rings (SSSR count). The minimum atomic E-state index is 0.446. The molecule has 4 heteroatoms. The number of nitrogens with two attached hydrogens (primary N) is 1. The van der Waals surface area contributed by atoms with Gasteiger partial charge in [-0.3, -0.25) is 0 Å². The Labute approximate surface area is 99.7 Å². The molecular weight excluding hydrogens is 222 g/mol. The Morgan fingerprint density at radius 3 is 2.56 bits per heavy atom. The molecule has 2 aromatic rings. The number of nitrogens with one attached hydrogen (secondary N) is 1. The molecule has 0 saturated carbocycles.